The molecule has 0 radical (unpaired) electrons. The number of benzene rings is 1. The van der Waals surface area contributed by atoms with Gasteiger partial charge in [-0.2, -0.15) is 0 Å². The largest absolute Gasteiger partial charge is 0.383 e. The lowest BCUT2D eigenvalue weighted by molar-refractivity contribution is -0.134. The first-order valence-corrected chi connectivity index (χ1v) is 5.26. The van der Waals surface area contributed by atoms with Crippen molar-refractivity contribution in [3.05, 3.63) is 34.9 Å². The molecule has 0 saturated carbocycles. The molecule has 0 aromatic heterocycles. The Morgan fingerprint density at radius 3 is 2.60 bits per heavy atom. The third-order valence-electron chi connectivity index (χ3n) is 2.56. The Hall–Kier alpha value is -1.06. The molecule has 0 bridgehead atoms. The molecule has 0 aliphatic carbocycles. The maximum absolute atomic E-state index is 11.4. The maximum Gasteiger partial charge on any atom is 0.251 e. The van der Waals surface area contributed by atoms with E-state index < -0.39 is 6.10 Å². The van der Waals surface area contributed by atoms with Gasteiger partial charge in [0.05, 0.1) is 0 Å². The first kappa shape index (κ1) is 10.5. The Morgan fingerprint density at radius 1 is 1.40 bits per heavy atom. The van der Waals surface area contributed by atoms with E-state index in [9.17, 15) is 9.90 Å². The number of aliphatic hydroxyl groups excluding tert-OH is 1. The highest BCUT2D eigenvalue weighted by Crippen LogP contribution is 2.16. The molecule has 2 rings (SSSR count). The minimum atomic E-state index is -0.808. The monoisotopic (exact) mass is 225 g/mol. The molecule has 1 aliphatic heterocycles. The molecule has 0 spiro atoms. The number of halogens is 1. The lowest BCUT2D eigenvalue weighted by Crippen LogP contribution is -2.28. The zero-order valence-electron chi connectivity index (χ0n) is 8.19. The number of rotatable bonds is 2. The molecule has 4 heteroatoms. The van der Waals surface area contributed by atoms with Gasteiger partial charge in [-0.25, -0.2) is 0 Å². The Morgan fingerprint density at radius 2 is 2.07 bits per heavy atom. The fraction of sp³-hybridized carbons (Fsp3) is 0.364. The van der Waals surface area contributed by atoms with Crippen molar-refractivity contribution >= 4 is 17.5 Å². The van der Waals surface area contributed by atoms with Crippen LogP contribution in [0.4, 0.5) is 0 Å². The molecule has 1 aliphatic rings. The average molecular weight is 226 g/mol. The molecule has 1 amide bonds. The molecular formula is C11H12ClNO2. The number of aliphatic hydroxyl groups is 1. The first-order chi connectivity index (χ1) is 7.16. The minimum Gasteiger partial charge on any atom is -0.383 e. The van der Waals surface area contributed by atoms with Gasteiger partial charge in [-0.05, 0) is 24.1 Å². The van der Waals surface area contributed by atoms with Crippen LogP contribution in [0.5, 0.6) is 0 Å². The van der Waals surface area contributed by atoms with Crippen LogP contribution in [0.3, 0.4) is 0 Å². The Balaban J connectivity index is 2.03. The van der Waals surface area contributed by atoms with E-state index in [0.717, 1.165) is 5.56 Å². The molecular weight excluding hydrogens is 214 g/mol. The van der Waals surface area contributed by atoms with Gasteiger partial charge in [-0.3, -0.25) is 4.79 Å². The van der Waals surface area contributed by atoms with Crippen LogP contribution in [-0.4, -0.2) is 28.6 Å². The number of amides is 1. The van der Waals surface area contributed by atoms with Crippen LogP contribution in [-0.2, 0) is 11.3 Å². The van der Waals surface area contributed by atoms with E-state index in [2.05, 4.69) is 0 Å². The van der Waals surface area contributed by atoms with Crippen LogP contribution in [0, 0.1) is 0 Å². The average Bonchev–Trinajstić information content (AvgIpc) is 2.53. The number of nitrogens with zero attached hydrogens (tertiary/aromatic N) is 1. The summed E-state index contributed by atoms with van der Waals surface area (Å²) >= 11 is 5.76. The Bertz CT molecular complexity index is 363. The van der Waals surface area contributed by atoms with Crippen molar-refractivity contribution in [3.8, 4) is 0 Å². The van der Waals surface area contributed by atoms with Crippen molar-refractivity contribution in [2.75, 3.05) is 6.54 Å². The van der Waals surface area contributed by atoms with Gasteiger partial charge < -0.3 is 10.0 Å². The van der Waals surface area contributed by atoms with E-state index in [4.69, 9.17) is 11.6 Å². The van der Waals surface area contributed by atoms with Gasteiger partial charge in [0.1, 0.15) is 6.10 Å². The fourth-order valence-corrected chi connectivity index (χ4v) is 1.82. The quantitative estimate of drug-likeness (QED) is 0.828. The molecule has 1 aromatic rings. The predicted molar refractivity (Wildman–Crippen MR) is 57.5 cm³/mol. The number of carbonyl (C=O) groups is 1. The fourth-order valence-electron chi connectivity index (χ4n) is 1.69. The van der Waals surface area contributed by atoms with Crippen molar-refractivity contribution < 1.29 is 9.90 Å². The second-order valence-corrected chi connectivity index (χ2v) is 4.13. The van der Waals surface area contributed by atoms with Gasteiger partial charge in [-0.15, -0.1) is 0 Å². The van der Waals surface area contributed by atoms with Crippen molar-refractivity contribution in [2.45, 2.75) is 19.1 Å². The summed E-state index contributed by atoms with van der Waals surface area (Å²) < 4.78 is 0. The van der Waals surface area contributed by atoms with Crippen LogP contribution in [0.1, 0.15) is 12.0 Å². The lowest BCUT2D eigenvalue weighted by atomic mass is 10.2. The van der Waals surface area contributed by atoms with Crippen LogP contribution >= 0.6 is 11.6 Å². The second kappa shape index (κ2) is 4.21. The normalized spacial score (nSPS) is 21.1. The van der Waals surface area contributed by atoms with Crippen LogP contribution in [0.25, 0.3) is 0 Å². The van der Waals surface area contributed by atoms with Crippen molar-refractivity contribution in [2.24, 2.45) is 0 Å². The van der Waals surface area contributed by atoms with Crippen LogP contribution in [0.15, 0.2) is 24.3 Å². The topological polar surface area (TPSA) is 40.5 Å². The molecule has 1 N–H and O–H groups in total. The van der Waals surface area contributed by atoms with E-state index in [1.807, 2.05) is 12.1 Å². The SMILES string of the molecule is O=C1C(O)CCN1Cc1ccc(Cl)cc1. The van der Waals surface area contributed by atoms with Crippen LogP contribution < -0.4 is 0 Å². The Labute approximate surface area is 93.3 Å². The summed E-state index contributed by atoms with van der Waals surface area (Å²) in [5.41, 5.74) is 1.03. The highest BCUT2D eigenvalue weighted by atomic mass is 35.5. The van der Waals surface area contributed by atoms with Crippen molar-refractivity contribution in [1.29, 1.82) is 0 Å². The van der Waals surface area contributed by atoms with Crippen molar-refractivity contribution in [3.63, 3.8) is 0 Å². The summed E-state index contributed by atoms with van der Waals surface area (Å²) in [6.07, 6.45) is -0.274. The highest BCUT2D eigenvalue weighted by molar-refractivity contribution is 6.30. The summed E-state index contributed by atoms with van der Waals surface area (Å²) in [4.78, 5) is 13.1. The van der Waals surface area contributed by atoms with Gasteiger partial charge in [-0.1, -0.05) is 23.7 Å². The number of likely N-dealkylation sites (tertiary alicyclic amines) is 1. The van der Waals surface area contributed by atoms with Crippen molar-refractivity contribution in [1.82, 2.24) is 4.90 Å². The van der Waals surface area contributed by atoms with E-state index in [1.165, 1.54) is 0 Å². The maximum atomic E-state index is 11.4. The number of hydrogen-bond donors (Lipinski definition) is 1. The van der Waals surface area contributed by atoms with E-state index in [1.54, 1.807) is 17.0 Å². The lowest BCUT2D eigenvalue weighted by Gasteiger charge is -2.15. The molecule has 1 fully saturated rings. The van der Waals surface area contributed by atoms with E-state index in [0.29, 0.717) is 24.5 Å². The summed E-state index contributed by atoms with van der Waals surface area (Å²) in [5, 5.41) is 9.96. The zero-order chi connectivity index (χ0) is 10.8. The minimum absolute atomic E-state index is 0.176. The zero-order valence-corrected chi connectivity index (χ0v) is 8.94. The Kier molecular flexibility index (Phi) is 2.93. The third kappa shape index (κ3) is 2.30. The summed E-state index contributed by atoms with van der Waals surface area (Å²) in [5.74, 6) is -0.176. The van der Waals surface area contributed by atoms with Crippen LogP contribution in [0.2, 0.25) is 5.02 Å². The van der Waals surface area contributed by atoms with Gasteiger partial charge in [0.25, 0.3) is 5.91 Å². The van der Waals surface area contributed by atoms with E-state index >= 15 is 0 Å². The molecule has 1 atom stereocenters. The van der Waals surface area contributed by atoms with Gasteiger partial charge in [0, 0.05) is 18.1 Å². The standard InChI is InChI=1S/C11H12ClNO2/c12-9-3-1-8(2-4-9)7-13-6-5-10(14)11(13)15/h1-4,10,14H,5-7H2. The summed E-state index contributed by atoms with van der Waals surface area (Å²) in [6.45, 7) is 1.18. The van der Waals surface area contributed by atoms with E-state index in [-0.39, 0.29) is 5.91 Å². The summed E-state index contributed by atoms with van der Waals surface area (Å²) in [7, 11) is 0. The van der Waals surface area contributed by atoms with Gasteiger partial charge >= 0.3 is 0 Å². The second-order valence-electron chi connectivity index (χ2n) is 3.69. The first-order valence-electron chi connectivity index (χ1n) is 4.88. The highest BCUT2D eigenvalue weighted by Gasteiger charge is 2.29. The molecule has 1 heterocycles. The predicted octanol–water partition coefficient (Wildman–Crippen LogP) is 1.43. The summed E-state index contributed by atoms with van der Waals surface area (Å²) in [6, 6.07) is 7.38. The molecule has 15 heavy (non-hydrogen) atoms. The van der Waals surface area contributed by atoms with Gasteiger partial charge in [0.15, 0.2) is 0 Å². The molecule has 3 nitrogen and oxygen atoms in total. The van der Waals surface area contributed by atoms with Gasteiger partial charge in [0.2, 0.25) is 0 Å². The number of carbonyl (C=O) groups excluding carboxylic acids is 1. The molecule has 1 unspecified atom stereocenters. The third-order valence-corrected chi connectivity index (χ3v) is 2.81. The molecule has 80 valence electrons. The smallest absolute Gasteiger partial charge is 0.251 e. The molecule has 1 aromatic carbocycles. The number of hydrogen-bond acceptors (Lipinski definition) is 2. The molecule has 1 saturated heterocycles.